The number of imidazole rings is 1. The summed E-state index contributed by atoms with van der Waals surface area (Å²) in [6.45, 7) is 0.334. The quantitative estimate of drug-likeness (QED) is 0.441. The zero-order chi connectivity index (χ0) is 23.5. The highest BCUT2D eigenvalue weighted by molar-refractivity contribution is 5.94. The predicted molar refractivity (Wildman–Crippen MR) is 113 cm³/mol. The van der Waals surface area contributed by atoms with Gasteiger partial charge in [-0.2, -0.15) is 0 Å². The number of ether oxygens (including phenoxy) is 1. The molecule has 0 aliphatic carbocycles. The van der Waals surface area contributed by atoms with Gasteiger partial charge in [-0.1, -0.05) is 12.1 Å². The molecule has 4 N–H and O–H groups in total. The second-order valence-corrected chi connectivity index (χ2v) is 6.40. The summed E-state index contributed by atoms with van der Waals surface area (Å²) in [6, 6.07) is 10.9. The minimum absolute atomic E-state index is 0.0909. The third-order valence-corrected chi connectivity index (χ3v) is 4.67. The Balaban J connectivity index is 0.000000547. The molecule has 11 heteroatoms. The number of rotatable bonds is 3. The predicted octanol–water partition coefficient (Wildman–Crippen LogP) is 1.30. The van der Waals surface area contributed by atoms with Gasteiger partial charge in [-0.15, -0.1) is 0 Å². The molecular weight excluding hydrogens is 420 g/mol. The van der Waals surface area contributed by atoms with Crippen molar-refractivity contribution in [1.29, 1.82) is 0 Å². The van der Waals surface area contributed by atoms with Crippen LogP contribution in [0.25, 0.3) is 0 Å². The number of aromatic nitrogens is 3. The molecule has 1 unspecified atom stereocenters. The Morgan fingerprint density at radius 3 is 2.56 bits per heavy atom. The van der Waals surface area contributed by atoms with Gasteiger partial charge in [-0.05, 0) is 29.8 Å². The van der Waals surface area contributed by atoms with Gasteiger partial charge in [0.05, 0.1) is 31.4 Å². The van der Waals surface area contributed by atoms with Crippen molar-refractivity contribution in [3.8, 4) is 5.75 Å². The van der Waals surface area contributed by atoms with Crippen molar-refractivity contribution in [3.05, 3.63) is 81.8 Å². The lowest BCUT2D eigenvalue weighted by Gasteiger charge is -2.32. The Hall–Kier alpha value is -4.41. The molecule has 0 spiro atoms. The molecular formula is C21H22N4O7. The van der Waals surface area contributed by atoms with Crippen molar-refractivity contribution in [1.82, 2.24) is 19.9 Å². The Morgan fingerprint density at radius 1 is 1.19 bits per heavy atom. The molecule has 1 aliphatic heterocycles. The van der Waals surface area contributed by atoms with Gasteiger partial charge < -0.3 is 29.8 Å². The van der Waals surface area contributed by atoms with E-state index in [0.29, 0.717) is 13.1 Å². The molecule has 1 aliphatic rings. The third kappa shape index (κ3) is 5.59. The minimum atomic E-state index is -0.383. The van der Waals surface area contributed by atoms with Crippen LogP contribution in [0.5, 0.6) is 5.75 Å². The molecule has 3 aromatic rings. The van der Waals surface area contributed by atoms with Crippen LogP contribution in [0.1, 0.15) is 33.2 Å². The van der Waals surface area contributed by atoms with Crippen molar-refractivity contribution in [2.45, 2.75) is 12.5 Å². The number of aromatic amines is 2. The summed E-state index contributed by atoms with van der Waals surface area (Å²) in [6.07, 6.45) is 3.16. The first-order valence-corrected chi connectivity index (χ1v) is 9.29. The molecule has 1 aromatic carbocycles. The molecule has 0 saturated heterocycles. The molecule has 1 atom stereocenters. The molecule has 0 fully saturated rings. The number of nitrogens with one attached hydrogen (secondary N) is 2. The summed E-state index contributed by atoms with van der Waals surface area (Å²) in [4.78, 5) is 53.4. The number of hydrogen-bond donors (Lipinski definition) is 4. The van der Waals surface area contributed by atoms with Crippen molar-refractivity contribution in [2.24, 2.45) is 0 Å². The molecule has 168 valence electrons. The largest absolute Gasteiger partial charge is 0.497 e. The SMILES string of the molecule is COc1cccc(C2CN(C(=O)c3ccc[nH]c3=O)Cc3[nH]cnc32)c1.O=CO.O=CO. The average Bonchev–Trinajstić information content (AvgIpc) is 3.28. The highest BCUT2D eigenvalue weighted by Crippen LogP contribution is 2.33. The van der Waals surface area contributed by atoms with E-state index in [1.807, 2.05) is 24.3 Å². The first-order valence-electron chi connectivity index (χ1n) is 9.29. The van der Waals surface area contributed by atoms with Crippen LogP contribution in [0, 0.1) is 0 Å². The van der Waals surface area contributed by atoms with Gasteiger partial charge in [-0.3, -0.25) is 19.2 Å². The molecule has 0 radical (unpaired) electrons. The number of carboxylic acid groups (broad SMARTS) is 2. The molecule has 3 heterocycles. The number of pyridine rings is 1. The third-order valence-electron chi connectivity index (χ3n) is 4.67. The topological polar surface area (TPSA) is 166 Å². The van der Waals surface area contributed by atoms with E-state index in [0.717, 1.165) is 22.7 Å². The van der Waals surface area contributed by atoms with Crippen molar-refractivity contribution >= 4 is 18.9 Å². The second kappa shape index (κ2) is 11.7. The first-order chi connectivity index (χ1) is 15.5. The van der Waals surface area contributed by atoms with E-state index in [4.69, 9.17) is 24.5 Å². The fourth-order valence-corrected chi connectivity index (χ4v) is 3.36. The number of carbonyl (C=O) groups is 3. The maximum atomic E-state index is 12.9. The van der Waals surface area contributed by atoms with E-state index in [1.165, 1.54) is 6.20 Å². The first kappa shape index (κ1) is 23.9. The van der Waals surface area contributed by atoms with Gasteiger partial charge in [0, 0.05) is 18.7 Å². The number of H-pyrrole nitrogens is 2. The van der Waals surface area contributed by atoms with E-state index in [2.05, 4.69) is 15.0 Å². The van der Waals surface area contributed by atoms with Gasteiger partial charge in [-0.25, -0.2) is 4.98 Å². The van der Waals surface area contributed by atoms with Gasteiger partial charge in [0.15, 0.2) is 0 Å². The van der Waals surface area contributed by atoms with Crippen LogP contribution in [0.3, 0.4) is 0 Å². The van der Waals surface area contributed by atoms with Crippen LogP contribution in [0.15, 0.2) is 53.7 Å². The Bertz CT molecular complexity index is 1100. The van der Waals surface area contributed by atoms with Crippen LogP contribution in [-0.2, 0) is 16.1 Å². The average molecular weight is 442 g/mol. The van der Waals surface area contributed by atoms with Gasteiger partial charge in [0.2, 0.25) is 0 Å². The van der Waals surface area contributed by atoms with Crippen molar-refractivity contribution in [3.63, 3.8) is 0 Å². The molecule has 11 nitrogen and oxygen atoms in total. The molecule has 4 rings (SSSR count). The number of benzene rings is 1. The molecule has 0 bridgehead atoms. The molecule has 32 heavy (non-hydrogen) atoms. The highest BCUT2D eigenvalue weighted by Gasteiger charge is 2.32. The summed E-state index contributed by atoms with van der Waals surface area (Å²) in [5, 5.41) is 13.8. The maximum Gasteiger partial charge on any atom is 0.290 e. The number of carbonyl (C=O) groups excluding carboxylic acids is 1. The number of nitrogens with zero attached hydrogens (tertiary/aromatic N) is 2. The summed E-state index contributed by atoms with van der Waals surface area (Å²) >= 11 is 0. The number of hydrogen-bond acceptors (Lipinski definition) is 6. The number of methoxy groups -OCH3 is 1. The molecule has 0 saturated carbocycles. The fraction of sp³-hybridized carbons (Fsp3) is 0.190. The summed E-state index contributed by atoms with van der Waals surface area (Å²) < 4.78 is 5.32. The van der Waals surface area contributed by atoms with Gasteiger partial charge in [0.1, 0.15) is 11.3 Å². The van der Waals surface area contributed by atoms with Crippen LogP contribution >= 0.6 is 0 Å². The number of fused-ring (bicyclic) bond motifs is 1. The lowest BCUT2D eigenvalue weighted by atomic mass is 9.90. The molecule has 2 aromatic heterocycles. The molecule has 1 amide bonds. The lowest BCUT2D eigenvalue weighted by molar-refractivity contribution is -0.123. The summed E-state index contributed by atoms with van der Waals surface area (Å²) in [7, 11) is 1.62. The standard InChI is InChI=1S/C19H18N4O3.2CH2O2/c1-26-13-5-2-4-12(8-13)15-9-23(10-16-17(15)22-11-21-16)19(25)14-6-3-7-20-18(14)24;2*2-1-3/h2-8,11,15H,9-10H2,1H3,(H,20,24)(H,21,22);2*1H,(H,2,3). The summed E-state index contributed by atoms with van der Waals surface area (Å²) in [5.74, 6) is 0.370. The Morgan fingerprint density at radius 2 is 1.91 bits per heavy atom. The normalized spacial score (nSPS) is 13.9. The van der Waals surface area contributed by atoms with E-state index in [-0.39, 0.29) is 35.9 Å². The van der Waals surface area contributed by atoms with Crippen LogP contribution in [0.2, 0.25) is 0 Å². The summed E-state index contributed by atoms with van der Waals surface area (Å²) in [5.41, 5.74) is 2.57. The van der Waals surface area contributed by atoms with E-state index < -0.39 is 0 Å². The zero-order valence-electron chi connectivity index (χ0n) is 17.1. The van der Waals surface area contributed by atoms with Crippen molar-refractivity contribution < 1.29 is 29.3 Å². The highest BCUT2D eigenvalue weighted by atomic mass is 16.5. The Kier molecular flexibility index (Phi) is 8.72. The fourth-order valence-electron chi connectivity index (χ4n) is 3.36. The lowest BCUT2D eigenvalue weighted by Crippen LogP contribution is -2.40. The van der Waals surface area contributed by atoms with Crippen LogP contribution in [0.4, 0.5) is 0 Å². The van der Waals surface area contributed by atoms with E-state index in [1.54, 1.807) is 30.5 Å². The minimum Gasteiger partial charge on any atom is -0.497 e. The monoisotopic (exact) mass is 442 g/mol. The van der Waals surface area contributed by atoms with Gasteiger partial charge in [0.25, 0.3) is 24.4 Å². The van der Waals surface area contributed by atoms with Crippen molar-refractivity contribution in [2.75, 3.05) is 13.7 Å². The van der Waals surface area contributed by atoms with E-state index in [9.17, 15) is 9.59 Å². The zero-order valence-corrected chi connectivity index (χ0v) is 17.1. The van der Waals surface area contributed by atoms with E-state index >= 15 is 0 Å². The smallest absolute Gasteiger partial charge is 0.290 e. The number of amides is 1. The van der Waals surface area contributed by atoms with Crippen LogP contribution < -0.4 is 10.3 Å². The maximum absolute atomic E-state index is 12.9. The Labute approximate surface area is 182 Å². The van der Waals surface area contributed by atoms with Gasteiger partial charge >= 0.3 is 0 Å². The second-order valence-electron chi connectivity index (χ2n) is 6.40. The van der Waals surface area contributed by atoms with Crippen LogP contribution in [-0.4, -0.2) is 62.6 Å².